The Hall–Kier alpha value is -4.75. The number of para-hydroxylation sites is 1. The van der Waals surface area contributed by atoms with Crippen molar-refractivity contribution in [2.45, 2.75) is 56.5 Å². The molecule has 1 heterocycles. The van der Waals surface area contributed by atoms with Crippen molar-refractivity contribution in [3.8, 4) is 0 Å². The maximum atomic E-state index is 13.4. The summed E-state index contributed by atoms with van der Waals surface area (Å²) in [4.78, 5) is 65.1. The summed E-state index contributed by atoms with van der Waals surface area (Å²) in [6, 6.07) is 10.1. The number of carboxylic acids is 2. The summed E-state index contributed by atoms with van der Waals surface area (Å²) >= 11 is 0. The van der Waals surface area contributed by atoms with Crippen molar-refractivity contribution < 1.29 is 39.3 Å². The van der Waals surface area contributed by atoms with Gasteiger partial charge in [-0.05, 0) is 24.1 Å². The van der Waals surface area contributed by atoms with Crippen molar-refractivity contribution in [2.24, 2.45) is 5.73 Å². The first kappa shape index (κ1) is 30.8. The van der Waals surface area contributed by atoms with Crippen molar-refractivity contribution in [2.75, 3.05) is 0 Å². The number of H-pyrrole nitrogens is 1. The van der Waals surface area contributed by atoms with Crippen molar-refractivity contribution >= 4 is 40.6 Å². The second kappa shape index (κ2) is 14.1. The number of hydrogen-bond donors (Lipinski definition) is 8. The molecule has 13 nitrogen and oxygen atoms in total. The molecule has 3 amide bonds. The van der Waals surface area contributed by atoms with Gasteiger partial charge in [0.15, 0.2) is 0 Å². The number of nitrogens with one attached hydrogen (secondary N) is 4. The molecule has 0 saturated carbocycles. The molecular formula is C28H33N5O8. The summed E-state index contributed by atoms with van der Waals surface area (Å²) in [5.74, 6) is -5.34. The van der Waals surface area contributed by atoms with Crippen LogP contribution < -0.4 is 21.7 Å². The lowest BCUT2D eigenvalue weighted by Gasteiger charge is -2.26. The molecule has 0 radical (unpaired) electrons. The van der Waals surface area contributed by atoms with Crippen LogP contribution in [0.2, 0.25) is 0 Å². The van der Waals surface area contributed by atoms with E-state index in [2.05, 4.69) is 20.9 Å². The van der Waals surface area contributed by atoms with Crippen LogP contribution in [0, 0.1) is 0 Å². The first-order chi connectivity index (χ1) is 19.5. The molecule has 0 bridgehead atoms. The van der Waals surface area contributed by atoms with Crippen LogP contribution in [0.5, 0.6) is 0 Å². The van der Waals surface area contributed by atoms with Crippen molar-refractivity contribution in [1.82, 2.24) is 20.9 Å². The lowest BCUT2D eigenvalue weighted by Crippen LogP contribution is -2.60. The van der Waals surface area contributed by atoms with Crippen LogP contribution in [0.1, 0.15) is 24.5 Å². The fraction of sp³-hybridized carbons (Fsp3) is 0.321. The topological polar surface area (TPSA) is 224 Å². The fourth-order valence-electron chi connectivity index (χ4n) is 4.26. The molecule has 9 N–H and O–H groups in total. The molecule has 218 valence electrons. The SMILES string of the molecule is CC(O)C(NC(=O)C(Cc1c[nH]c2ccccc12)NC(=O)C(N)CC(=O)O)C(=O)NC(Cc1ccccc1)C(=O)O. The number of amides is 3. The molecule has 3 aromatic rings. The van der Waals surface area contributed by atoms with Gasteiger partial charge in [0.2, 0.25) is 17.7 Å². The van der Waals surface area contributed by atoms with Gasteiger partial charge in [-0.3, -0.25) is 19.2 Å². The van der Waals surface area contributed by atoms with Gasteiger partial charge in [0, 0.05) is 29.9 Å². The Bertz CT molecular complexity index is 1390. The minimum absolute atomic E-state index is 0.0386. The molecule has 2 aromatic carbocycles. The Balaban J connectivity index is 1.80. The number of aromatic amines is 1. The van der Waals surface area contributed by atoms with Crippen LogP contribution in [-0.2, 0) is 36.8 Å². The molecule has 1 aromatic heterocycles. The normalized spacial score (nSPS) is 14.7. The number of aliphatic hydroxyl groups is 1. The van der Waals surface area contributed by atoms with Crippen LogP contribution in [0.15, 0.2) is 60.8 Å². The first-order valence-electron chi connectivity index (χ1n) is 12.8. The summed E-state index contributed by atoms with van der Waals surface area (Å²) in [5.41, 5.74) is 7.75. The highest BCUT2D eigenvalue weighted by Gasteiger charge is 2.33. The Morgan fingerprint density at radius 3 is 2.10 bits per heavy atom. The van der Waals surface area contributed by atoms with Gasteiger partial charge < -0.3 is 42.0 Å². The van der Waals surface area contributed by atoms with Gasteiger partial charge >= 0.3 is 11.9 Å². The van der Waals surface area contributed by atoms with E-state index >= 15 is 0 Å². The summed E-state index contributed by atoms with van der Waals surface area (Å²) in [6.07, 6.45) is -0.577. The van der Waals surface area contributed by atoms with Gasteiger partial charge in [0.1, 0.15) is 18.1 Å². The number of carbonyl (C=O) groups excluding carboxylic acids is 3. The van der Waals surface area contributed by atoms with Crippen molar-refractivity contribution in [3.63, 3.8) is 0 Å². The van der Waals surface area contributed by atoms with Crippen molar-refractivity contribution in [3.05, 3.63) is 71.9 Å². The number of carboxylic acid groups (broad SMARTS) is 2. The number of hydrogen-bond acceptors (Lipinski definition) is 7. The third kappa shape index (κ3) is 8.62. The number of aromatic nitrogens is 1. The predicted octanol–water partition coefficient (Wildman–Crippen LogP) is -0.325. The number of fused-ring (bicyclic) bond motifs is 1. The zero-order valence-corrected chi connectivity index (χ0v) is 22.2. The Morgan fingerprint density at radius 2 is 1.46 bits per heavy atom. The van der Waals surface area contributed by atoms with E-state index in [0.29, 0.717) is 11.1 Å². The smallest absolute Gasteiger partial charge is 0.326 e. The largest absolute Gasteiger partial charge is 0.481 e. The quantitative estimate of drug-likeness (QED) is 0.128. The second-order valence-corrected chi connectivity index (χ2v) is 9.65. The molecule has 0 aliphatic carbocycles. The molecule has 13 heteroatoms. The molecule has 0 saturated heterocycles. The summed E-state index contributed by atoms with van der Waals surface area (Å²) < 4.78 is 0. The zero-order valence-electron chi connectivity index (χ0n) is 22.2. The van der Waals surface area contributed by atoms with E-state index in [1.54, 1.807) is 48.7 Å². The van der Waals surface area contributed by atoms with Gasteiger partial charge in [-0.2, -0.15) is 0 Å². The van der Waals surface area contributed by atoms with Crippen LogP contribution in [0.25, 0.3) is 10.9 Å². The fourth-order valence-corrected chi connectivity index (χ4v) is 4.26. The highest BCUT2D eigenvalue weighted by Crippen LogP contribution is 2.19. The Kier molecular flexibility index (Phi) is 10.6. The highest BCUT2D eigenvalue weighted by atomic mass is 16.4. The van der Waals surface area contributed by atoms with Gasteiger partial charge in [0.25, 0.3) is 0 Å². The monoisotopic (exact) mass is 567 g/mol. The van der Waals surface area contributed by atoms with E-state index in [1.165, 1.54) is 6.92 Å². The molecule has 5 unspecified atom stereocenters. The van der Waals surface area contributed by atoms with Gasteiger partial charge in [-0.15, -0.1) is 0 Å². The van der Waals surface area contributed by atoms with Gasteiger partial charge in [-0.1, -0.05) is 48.5 Å². The Morgan fingerprint density at radius 1 is 0.829 bits per heavy atom. The molecule has 0 spiro atoms. The Labute approximate surface area is 235 Å². The number of benzene rings is 2. The summed E-state index contributed by atoms with van der Waals surface area (Å²) in [5, 5.41) is 36.9. The highest BCUT2D eigenvalue weighted by molar-refractivity contribution is 5.95. The maximum Gasteiger partial charge on any atom is 0.326 e. The number of aliphatic carboxylic acids is 2. The van der Waals surface area contributed by atoms with E-state index in [0.717, 1.165) is 10.9 Å². The van der Waals surface area contributed by atoms with Crippen molar-refractivity contribution in [1.29, 1.82) is 0 Å². The van der Waals surface area contributed by atoms with E-state index in [1.807, 2.05) is 12.1 Å². The standard InChI is InChI=1S/C28H33N5O8/c1-15(34)24(27(39)32-22(28(40)41)11-16-7-3-2-4-8-16)33-26(38)21(31-25(37)19(29)13-23(35)36)12-17-14-30-20-10-6-5-9-18(17)20/h2-10,14-15,19,21-22,24,30,34H,11-13,29H2,1H3,(H,31,37)(H,32,39)(H,33,38)(H,35,36)(H,40,41). The predicted molar refractivity (Wildman–Crippen MR) is 147 cm³/mol. The van der Waals surface area contributed by atoms with E-state index < -0.39 is 66.4 Å². The lowest BCUT2D eigenvalue weighted by molar-refractivity contribution is -0.143. The third-order valence-corrected chi connectivity index (χ3v) is 6.42. The minimum atomic E-state index is -1.57. The molecular weight excluding hydrogens is 534 g/mol. The molecule has 3 rings (SSSR count). The van der Waals surface area contributed by atoms with Gasteiger partial charge in [0.05, 0.1) is 18.6 Å². The first-order valence-corrected chi connectivity index (χ1v) is 12.8. The average Bonchev–Trinajstić information content (AvgIpc) is 3.33. The number of aliphatic hydroxyl groups excluding tert-OH is 1. The average molecular weight is 568 g/mol. The van der Waals surface area contributed by atoms with Crippen LogP contribution in [-0.4, -0.2) is 80.2 Å². The van der Waals surface area contributed by atoms with Gasteiger partial charge in [-0.25, -0.2) is 4.79 Å². The van der Waals surface area contributed by atoms with E-state index in [9.17, 15) is 34.2 Å². The molecule has 41 heavy (non-hydrogen) atoms. The number of carbonyl (C=O) groups is 5. The lowest BCUT2D eigenvalue weighted by atomic mass is 10.0. The van der Waals surface area contributed by atoms with E-state index in [4.69, 9.17) is 10.8 Å². The minimum Gasteiger partial charge on any atom is -0.481 e. The number of rotatable bonds is 14. The molecule has 0 fully saturated rings. The molecule has 0 aliphatic heterocycles. The summed E-state index contributed by atoms with van der Waals surface area (Å²) in [6.45, 7) is 1.24. The van der Waals surface area contributed by atoms with Crippen LogP contribution in [0.3, 0.4) is 0 Å². The second-order valence-electron chi connectivity index (χ2n) is 9.65. The summed E-state index contributed by atoms with van der Waals surface area (Å²) in [7, 11) is 0. The van der Waals surface area contributed by atoms with Crippen LogP contribution >= 0.6 is 0 Å². The number of nitrogens with two attached hydrogens (primary N) is 1. The molecule has 5 atom stereocenters. The molecule has 0 aliphatic rings. The zero-order chi connectivity index (χ0) is 30.1. The maximum absolute atomic E-state index is 13.4. The third-order valence-electron chi connectivity index (χ3n) is 6.42. The van der Waals surface area contributed by atoms with Crippen LogP contribution in [0.4, 0.5) is 0 Å². The van der Waals surface area contributed by atoms with E-state index in [-0.39, 0.29) is 12.8 Å².